The van der Waals surface area contributed by atoms with E-state index in [1.807, 2.05) is 0 Å². The zero-order valence-corrected chi connectivity index (χ0v) is 18.2. The monoisotopic (exact) mass is 480 g/mol. The molecule has 0 bridgehead atoms. The maximum atomic E-state index is 14.2. The molecule has 3 aromatic rings. The molecule has 33 heavy (non-hydrogen) atoms. The second kappa shape index (κ2) is 9.42. The summed E-state index contributed by atoms with van der Waals surface area (Å²) in [6, 6.07) is 4.67. The number of fused-ring (bicyclic) bond motifs is 3. The first-order chi connectivity index (χ1) is 15.8. The van der Waals surface area contributed by atoms with Gasteiger partial charge in [-0.25, -0.2) is 22.9 Å². The SMILES string of the molecule is CN(C(=O)Nc1ccc(F)c(Cl)c1)[C@@H]1COCc2nc(NCCO)c3cc(F)c(F)cc3c21. The van der Waals surface area contributed by atoms with Crippen molar-refractivity contribution >= 4 is 39.9 Å². The van der Waals surface area contributed by atoms with E-state index in [0.717, 1.165) is 18.2 Å². The highest BCUT2D eigenvalue weighted by Crippen LogP contribution is 2.38. The number of ether oxygens (including phenoxy) is 1. The summed E-state index contributed by atoms with van der Waals surface area (Å²) in [4.78, 5) is 18.7. The van der Waals surface area contributed by atoms with Crippen LogP contribution in [0.5, 0.6) is 0 Å². The normalized spacial score (nSPS) is 15.3. The van der Waals surface area contributed by atoms with Crippen LogP contribution >= 0.6 is 11.6 Å². The number of nitrogens with one attached hydrogen (secondary N) is 2. The van der Waals surface area contributed by atoms with Crippen LogP contribution in [0.4, 0.5) is 29.5 Å². The van der Waals surface area contributed by atoms with Crippen molar-refractivity contribution in [2.45, 2.75) is 12.6 Å². The van der Waals surface area contributed by atoms with Gasteiger partial charge in [-0.05, 0) is 35.7 Å². The first kappa shape index (κ1) is 23.1. The Labute approximate surface area is 192 Å². The van der Waals surface area contributed by atoms with Gasteiger partial charge in [-0.15, -0.1) is 0 Å². The van der Waals surface area contributed by atoms with Gasteiger partial charge in [0, 0.05) is 30.2 Å². The summed E-state index contributed by atoms with van der Waals surface area (Å²) in [5.74, 6) is -2.43. The lowest BCUT2D eigenvalue weighted by Crippen LogP contribution is -2.39. The highest BCUT2D eigenvalue weighted by atomic mass is 35.5. The van der Waals surface area contributed by atoms with E-state index in [4.69, 9.17) is 21.4 Å². The number of pyridine rings is 1. The van der Waals surface area contributed by atoms with Crippen LogP contribution in [-0.2, 0) is 11.3 Å². The van der Waals surface area contributed by atoms with Crippen molar-refractivity contribution in [2.24, 2.45) is 0 Å². The van der Waals surface area contributed by atoms with Gasteiger partial charge in [-0.3, -0.25) is 0 Å². The summed E-state index contributed by atoms with van der Waals surface area (Å²) < 4.78 is 47.3. The molecule has 11 heteroatoms. The number of benzene rings is 2. The molecule has 7 nitrogen and oxygen atoms in total. The number of likely N-dealkylation sites (N-methyl/N-ethyl adjacent to an activating group) is 1. The molecular weight excluding hydrogens is 461 g/mol. The molecule has 0 aliphatic carbocycles. The maximum Gasteiger partial charge on any atom is 0.322 e. The molecule has 3 N–H and O–H groups in total. The molecule has 2 heterocycles. The number of amides is 2. The Balaban J connectivity index is 1.74. The van der Waals surface area contributed by atoms with Gasteiger partial charge >= 0.3 is 6.03 Å². The number of carbonyl (C=O) groups is 1. The van der Waals surface area contributed by atoms with Crippen LogP contribution in [0.25, 0.3) is 10.8 Å². The van der Waals surface area contributed by atoms with Gasteiger partial charge in [0.2, 0.25) is 0 Å². The first-order valence-electron chi connectivity index (χ1n) is 10.0. The number of halogens is 4. The van der Waals surface area contributed by atoms with E-state index in [1.54, 1.807) is 0 Å². The van der Waals surface area contributed by atoms with Gasteiger partial charge < -0.3 is 25.4 Å². The fourth-order valence-electron chi connectivity index (χ4n) is 3.75. The summed E-state index contributed by atoms with van der Waals surface area (Å²) in [5.41, 5.74) is 1.27. The van der Waals surface area contributed by atoms with Gasteiger partial charge in [0.15, 0.2) is 11.6 Å². The molecule has 0 fully saturated rings. The number of carbonyl (C=O) groups excluding carboxylic acids is 1. The van der Waals surface area contributed by atoms with E-state index >= 15 is 0 Å². The van der Waals surface area contributed by atoms with E-state index in [9.17, 15) is 18.0 Å². The van der Waals surface area contributed by atoms with E-state index in [1.165, 1.54) is 24.1 Å². The molecule has 1 aliphatic rings. The van der Waals surface area contributed by atoms with Crippen molar-refractivity contribution in [1.29, 1.82) is 0 Å². The fraction of sp³-hybridized carbons (Fsp3) is 0.273. The molecule has 0 unspecified atom stereocenters. The van der Waals surface area contributed by atoms with Crippen LogP contribution < -0.4 is 10.6 Å². The van der Waals surface area contributed by atoms with Crippen LogP contribution in [0.2, 0.25) is 5.02 Å². The zero-order valence-electron chi connectivity index (χ0n) is 17.5. The second-order valence-corrected chi connectivity index (χ2v) is 7.89. The van der Waals surface area contributed by atoms with Gasteiger partial charge in [-0.2, -0.15) is 0 Å². The Bertz CT molecular complexity index is 1230. The molecule has 1 atom stereocenters. The summed E-state index contributed by atoms with van der Waals surface area (Å²) >= 11 is 5.78. The van der Waals surface area contributed by atoms with Gasteiger partial charge in [-0.1, -0.05) is 11.6 Å². The number of urea groups is 1. The van der Waals surface area contributed by atoms with Crippen molar-refractivity contribution in [3.05, 3.63) is 64.1 Å². The number of hydrogen-bond acceptors (Lipinski definition) is 5. The topological polar surface area (TPSA) is 86.7 Å². The summed E-state index contributed by atoms with van der Waals surface area (Å²) in [7, 11) is 1.52. The highest BCUT2D eigenvalue weighted by molar-refractivity contribution is 6.31. The summed E-state index contributed by atoms with van der Waals surface area (Å²) in [5, 5.41) is 15.2. The minimum absolute atomic E-state index is 0.0975. The zero-order chi connectivity index (χ0) is 23.7. The average Bonchev–Trinajstić information content (AvgIpc) is 2.80. The van der Waals surface area contributed by atoms with E-state index in [0.29, 0.717) is 22.0 Å². The van der Waals surface area contributed by atoms with Crippen LogP contribution in [0.15, 0.2) is 30.3 Å². The van der Waals surface area contributed by atoms with Crippen molar-refractivity contribution in [1.82, 2.24) is 9.88 Å². The molecule has 2 aromatic carbocycles. The number of aliphatic hydroxyl groups is 1. The molecule has 0 saturated carbocycles. The lowest BCUT2D eigenvalue weighted by Gasteiger charge is -2.34. The third kappa shape index (κ3) is 4.54. The molecule has 174 valence electrons. The smallest absolute Gasteiger partial charge is 0.322 e. The first-order valence-corrected chi connectivity index (χ1v) is 10.4. The molecule has 0 spiro atoms. The van der Waals surface area contributed by atoms with Crippen molar-refractivity contribution in [3.63, 3.8) is 0 Å². The number of hydrogen-bond donors (Lipinski definition) is 3. The van der Waals surface area contributed by atoms with Crippen LogP contribution in [-0.4, -0.2) is 47.8 Å². The third-order valence-electron chi connectivity index (χ3n) is 5.37. The molecular formula is C22H20ClF3N4O3. The van der Waals surface area contributed by atoms with Gasteiger partial charge in [0.25, 0.3) is 0 Å². The number of aromatic nitrogens is 1. The quantitative estimate of drug-likeness (QED) is 0.502. The predicted molar refractivity (Wildman–Crippen MR) is 118 cm³/mol. The lowest BCUT2D eigenvalue weighted by atomic mass is 9.95. The fourth-order valence-corrected chi connectivity index (χ4v) is 3.93. The van der Waals surface area contributed by atoms with Crippen LogP contribution in [0, 0.1) is 17.5 Å². The van der Waals surface area contributed by atoms with Crippen molar-refractivity contribution in [2.75, 3.05) is 37.4 Å². The third-order valence-corrected chi connectivity index (χ3v) is 5.66. The van der Waals surface area contributed by atoms with E-state index in [2.05, 4.69) is 15.6 Å². The van der Waals surface area contributed by atoms with Crippen molar-refractivity contribution < 1.29 is 27.8 Å². The lowest BCUT2D eigenvalue weighted by molar-refractivity contribution is 0.0529. The summed E-state index contributed by atoms with van der Waals surface area (Å²) in [6.45, 7) is 0.184. The molecule has 0 saturated heterocycles. The number of nitrogens with zero attached hydrogens (tertiary/aromatic N) is 2. The maximum absolute atomic E-state index is 14.2. The minimum Gasteiger partial charge on any atom is -0.395 e. The number of aliphatic hydroxyl groups excluding tert-OH is 1. The van der Waals surface area contributed by atoms with Crippen LogP contribution in [0.3, 0.4) is 0 Å². The van der Waals surface area contributed by atoms with Crippen LogP contribution in [0.1, 0.15) is 17.3 Å². The standard InChI is InChI=1S/C22H20ClF3N4O3/c1-30(22(32)28-11-2-3-15(24)14(23)6-11)19-10-33-9-18-20(19)12-7-16(25)17(26)8-13(12)21(29-18)27-4-5-31/h2-3,6-8,19,31H,4-5,9-10H2,1H3,(H,27,29)(H,28,32)/t19-/m1/s1. The van der Waals surface area contributed by atoms with E-state index in [-0.39, 0.29) is 42.9 Å². The number of rotatable bonds is 5. The van der Waals surface area contributed by atoms with Crippen molar-refractivity contribution in [3.8, 4) is 0 Å². The Morgan fingerprint density at radius 2 is 1.94 bits per heavy atom. The molecule has 1 aromatic heterocycles. The molecule has 1 aliphatic heterocycles. The largest absolute Gasteiger partial charge is 0.395 e. The number of anilines is 2. The van der Waals surface area contributed by atoms with E-state index < -0.39 is 29.5 Å². The Hall–Kier alpha value is -3.08. The Morgan fingerprint density at radius 3 is 2.64 bits per heavy atom. The predicted octanol–water partition coefficient (Wildman–Crippen LogP) is 4.44. The minimum atomic E-state index is -1.04. The molecule has 2 amide bonds. The highest BCUT2D eigenvalue weighted by Gasteiger charge is 2.32. The molecule has 4 rings (SSSR count). The Kier molecular flexibility index (Phi) is 6.59. The second-order valence-electron chi connectivity index (χ2n) is 7.48. The average molecular weight is 481 g/mol. The van der Waals surface area contributed by atoms with Gasteiger partial charge in [0.1, 0.15) is 11.6 Å². The summed E-state index contributed by atoms with van der Waals surface area (Å²) in [6.07, 6.45) is 0. The Morgan fingerprint density at radius 1 is 1.21 bits per heavy atom. The van der Waals surface area contributed by atoms with Gasteiger partial charge in [0.05, 0.1) is 36.6 Å². The molecule has 0 radical (unpaired) electrons.